The van der Waals surface area contributed by atoms with Gasteiger partial charge in [0.15, 0.2) is 0 Å². The fourth-order valence-corrected chi connectivity index (χ4v) is 1.56. The van der Waals surface area contributed by atoms with Crippen molar-refractivity contribution in [2.75, 3.05) is 20.8 Å². The summed E-state index contributed by atoms with van der Waals surface area (Å²) in [7, 11) is 3.27. The van der Waals surface area contributed by atoms with E-state index in [1.165, 1.54) is 0 Å². The van der Waals surface area contributed by atoms with Crippen LogP contribution >= 0.6 is 0 Å². The number of methoxy groups -OCH3 is 2. The molecule has 0 amide bonds. The maximum absolute atomic E-state index is 9.14. The summed E-state index contributed by atoms with van der Waals surface area (Å²) in [6.07, 6.45) is 0. The molecule has 0 aliphatic carbocycles. The van der Waals surface area contributed by atoms with Crippen molar-refractivity contribution in [1.29, 1.82) is 0 Å². The van der Waals surface area contributed by atoms with E-state index in [1.807, 2.05) is 26.0 Å². The molecule has 0 aliphatic rings. The van der Waals surface area contributed by atoms with Gasteiger partial charge in [-0.3, -0.25) is 0 Å². The molecule has 0 saturated carbocycles. The minimum absolute atomic E-state index is 0.0504. The molecule has 0 spiro atoms. The molecular formula is C12H18O3. The molecule has 0 radical (unpaired) electrons. The van der Waals surface area contributed by atoms with Crippen molar-refractivity contribution >= 4 is 0 Å². The zero-order valence-electron chi connectivity index (χ0n) is 9.70. The van der Waals surface area contributed by atoms with Gasteiger partial charge in [0.25, 0.3) is 0 Å². The summed E-state index contributed by atoms with van der Waals surface area (Å²) in [6.45, 7) is 4.02. The summed E-state index contributed by atoms with van der Waals surface area (Å²) in [4.78, 5) is 0. The molecule has 0 fully saturated rings. The van der Waals surface area contributed by atoms with Crippen LogP contribution in [0.3, 0.4) is 0 Å². The summed E-state index contributed by atoms with van der Waals surface area (Å²) in [5.74, 6) is 1.68. The number of ether oxygens (including phenoxy) is 2. The van der Waals surface area contributed by atoms with E-state index in [1.54, 1.807) is 14.2 Å². The van der Waals surface area contributed by atoms with Crippen molar-refractivity contribution < 1.29 is 14.6 Å². The maximum atomic E-state index is 9.14. The Hall–Kier alpha value is -1.22. The van der Waals surface area contributed by atoms with Gasteiger partial charge >= 0.3 is 0 Å². The lowest BCUT2D eigenvalue weighted by Crippen LogP contribution is -2.03. The van der Waals surface area contributed by atoms with Crippen molar-refractivity contribution in [3.63, 3.8) is 0 Å². The molecule has 0 unspecified atom stereocenters. The molecule has 15 heavy (non-hydrogen) atoms. The lowest BCUT2D eigenvalue weighted by atomic mass is 9.99. The second-order valence-electron chi connectivity index (χ2n) is 3.65. The fourth-order valence-electron chi connectivity index (χ4n) is 1.56. The van der Waals surface area contributed by atoms with E-state index in [0.717, 1.165) is 22.6 Å². The minimum Gasteiger partial charge on any atom is -0.496 e. The van der Waals surface area contributed by atoms with E-state index in [2.05, 4.69) is 0 Å². The Morgan fingerprint density at radius 3 is 2.27 bits per heavy atom. The van der Waals surface area contributed by atoms with Gasteiger partial charge in [0.05, 0.1) is 14.2 Å². The first-order valence-electron chi connectivity index (χ1n) is 4.97. The molecule has 0 heterocycles. The van der Waals surface area contributed by atoms with E-state index < -0.39 is 0 Å². The van der Waals surface area contributed by atoms with Gasteiger partial charge in [-0.15, -0.1) is 0 Å². The largest absolute Gasteiger partial charge is 0.496 e. The third-order valence-corrected chi connectivity index (χ3v) is 2.55. The summed E-state index contributed by atoms with van der Waals surface area (Å²) in [5, 5.41) is 9.14. The van der Waals surface area contributed by atoms with Crippen molar-refractivity contribution in [3.05, 3.63) is 23.3 Å². The first-order chi connectivity index (χ1) is 7.13. The lowest BCUT2D eigenvalue weighted by molar-refractivity contribution is 0.269. The van der Waals surface area contributed by atoms with Crippen LogP contribution in [-0.4, -0.2) is 25.9 Å². The molecule has 84 valence electrons. The highest BCUT2D eigenvalue weighted by Gasteiger charge is 2.13. The van der Waals surface area contributed by atoms with Crippen LogP contribution in [0, 0.1) is 6.92 Å². The monoisotopic (exact) mass is 210 g/mol. The molecular weight excluding hydrogens is 192 g/mol. The Labute approximate surface area is 90.6 Å². The lowest BCUT2D eigenvalue weighted by Gasteiger charge is -2.16. The Morgan fingerprint density at radius 1 is 1.20 bits per heavy atom. The van der Waals surface area contributed by atoms with Gasteiger partial charge < -0.3 is 14.6 Å². The number of hydrogen-bond acceptors (Lipinski definition) is 3. The number of rotatable bonds is 4. The molecule has 1 aromatic rings. The predicted molar refractivity (Wildman–Crippen MR) is 59.8 cm³/mol. The van der Waals surface area contributed by atoms with Gasteiger partial charge in [0, 0.05) is 18.1 Å². The van der Waals surface area contributed by atoms with Gasteiger partial charge in [-0.25, -0.2) is 0 Å². The average Bonchev–Trinajstić information content (AvgIpc) is 2.27. The number of benzene rings is 1. The topological polar surface area (TPSA) is 38.7 Å². The molecule has 1 rings (SSSR count). The van der Waals surface area contributed by atoms with Gasteiger partial charge in [0.1, 0.15) is 11.5 Å². The number of hydrogen-bond donors (Lipinski definition) is 1. The van der Waals surface area contributed by atoms with Gasteiger partial charge in [-0.05, 0) is 24.6 Å². The Bertz CT molecular complexity index is 334. The molecule has 3 heteroatoms. The van der Waals surface area contributed by atoms with Crippen LogP contribution in [-0.2, 0) is 0 Å². The molecule has 1 N–H and O–H groups in total. The first-order valence-corrected chi connectivity index (χ1v) is 4.97. The summed E-state index contributed by atoms with van der Waals surface area (Å²) < 4.78 is 10.5. The van der Waals surface area contributed by atoms with E-state index >= 15 is 0 Å². The van der Waals surface area contributed by atoms with Crippen LogP contribution < -0.4 is 9.47 Å². The second-order valence-corrected chi connectivity index (χ2v) is 3.65. The Balaban J connectivity index is 3.22. The molecule has 1 atom stereocenters. The van der Waals surface area contributed by atoms with Crippen LogP contribution in [0.5, 0.6) is 11.5 Å². The zero-order valence-corrected chi connectivity index (χ0v) is 9.70. The van der Waals surface area contributed by atoms with Gasteiger partial charge in [-0.1, -0.05) is 6.92 Å². The van der Waals surface area contributed by atoms with Crippen LogP contribution in [0.4, 0.5) is 0 Å². The molecule has 3 nitrogen and oxygen atoms in total. The van der Waals surface area contributed by atoms with Crippen LogP contribution in [0.25, 0.3) is 0 Å². The van der Waals surface area contributed by atoms with Crippen LogP contribution in [0.2, 0.25) is 0 Å². The van der Waals surface area contributed by atoms with Crippen molar-refractivity contribution in [1.82, 2.24) is 0 Å². The predicted octanol–water partition coefficient (Wildman–Crippen LogP) is 2.11. The molecule has 0 bridgehead atoms. The average molecular weight is 210 g/mol. The fraction of sp³-hybridized carbons (Fsp3) is 0.500. The Kier molecular flexibility index (Phi) is 3.97. The number of aryl methyl sites for hydroxylation is 1. The van der Waals surface area contributed by atoms with Gasteiger partial charge in [0.2, 0.25) is 0 Å². The highest BCUT2D eigenvalue weighted by molar-refractivity contribution is 5.47. The minimum atomic E-state index is 0.0504. The van der Waals surface area contributed by atoms with Crippen molar-refractivity contribution in [2.45, 2.75) is 19.8 Å². The third kappa shape index (κ3) is 2.42. The molecule has 0 saturated heterocycles. The van der Waals surface area contributed by atoms with E-state index in [9.17, 15) is 0 Å². The zero-order chi connectivity index (χ0) is 11.4. The van der Waals surface area contributed by atoms with Crippen molar-refractivity contribution in [3.8, 4) is 11.5 Å². The molecule has 0 aromatic heterocycles. The number of aliphatic hydroxyl groups is 1. The number of aliphatic hydroxyl groups excluding tert-OH is 1. The maximum Gasteiger partial charge on any atom is 0.122 e. The summed E-state index contributed by atoms with van der Waals surface area (Å²) in [6, 6.07) is 3.86. The van der Waals surface area contributed by atoms with Crippen LogP contribution in [0.15, 0.2) is 12.1 Å². The van der Waals surface area contributed by atoms with Crippen molar-refractivity contribution in [2.24, 2.45) is 0 Å². The van der Waals surface area contributed by atoms with Crippen LogP contribution in [0.1, 0.15) is 24.0 Å². The molecule has 1 aromatic carbocycles. The normalized spacial score (nSPS) is 12.3. The summed E-state index contributed by atoms with van der Waals surface area (Å²) >= 11 is 0. The molecule has 0 aliphatic heterocycles. The SMILES string of the molecule is COc1cc([C@H](C)CO)c(OC)cc1C. The van der Waals surface area contributed by atoms with E-state index in [4.69, 9.17) is 14.6 Å². The van der Waals surface area contributed by atoms with E-state index in [0.29, 0.717) is 0 Å². The second kappa shape index (κ2) is 5.03. The standard InChI is InChI=1S/C12H18O3/c1-8-5-12(15-4)10(9(2)7-13)6-11(8)14-3/h5-6,9,13H,7H2,1-4H3/t9-/m1/s1. The third-order valence-electron chi connectivity index (χ3n) is 2.55. The smallest absolute Gasteiger partial charge is 0.122 e. The Morgan fingerprint density at radius 2 is 1.80 bits per heavy atom. The van der Waals surface area contributed by atoms with Gasteiger partial charge in [-0.2, -0.15) is 0 Å². The summed E-state index contributed by atoms with van der Waals surface area (Å²) in [5.41, 5.74) is 2.01. The highest BCUT2D eigenvalue weighted by Crippen LogP contribution is 2.32. The quantitative estimate of drug-likeness (QED) is 0.827. The van der Waals surface area contributed by atoms with E-state index in [-0.39, 0.29) is 12.5 Å². The first kappa shape index (κ1) is 11.9. The highest BCUT2D eigenvalue weighted by atomic mass is 16.5.